The number of rotatable bonds is 19. The smallest absolute Gasteiger partial charge is 0.312 e. The molecule has 1 aliphatic rings. The van der Waals surface area contributed by atoms with E-state index in [-0.39, 0.29) is 53.4 Å². The van der Waals surface area contributed by atoms with Crippen molar-refractivity contribution in [1.82, 2.24) is 20.9 Å². The van der Waals surface area contributed by atoms with Crippen molar-refractivity contribution in [3.63, 3.8) is 0 Å². The zero-order chi connectivity index (χ0) is 37.1. The number of anilines is 1. The number of halogens is 2. The van der Waals surface area contributed by atoms with Crippen molar-refractivity contribution in [3.8, 4) is 0 Å². The molecule has 16 heteroatoms. The molecule has 0 aromatic heterocycles. The van der Waals surface area contributed by atoms with Crippen LogP contribution in [0.3, 0.4) is 0 Å². The number of hydrogen-bond acceptors (Lipinski definition) is 8. The maximum Gasteiger partial charge on any atom is 0.312 e. The van der Waals surface area contributed by atoms with Gasteiger partial charge < -0.3 is 36.8 Å². The van der Waals surface area contributed by atoms with Gasteiger partial charge in [0, 0.05) is 30.8 Å². The number of primary amides is 1. The van der Waals surface area contributed by atoms with Gasteiger partial charge in [0.15, 0.2) is 0 Å². The van der Waals surface area contributed by atoms with Crippen molar-refractivity contribution < 1.29 is 38.6 Å². The molecule has 49 heavy (non-hydrogen) atoms. The van der Waals surface area contributed by atoms with Gasteiger partial charge in [-0.05, 0) is 109 Å². The van der Waals surface area contributed by atoms with Crippen molar-refractivity contribution in [2.24, 2.45) is 11.7 Å². The van der Waals surface area contributed by atoms with Crippen molar-refractivity contribution in [2.75, 3.05) is 18.5 Å². The van der Waals surface area contributed by atoms with Gasteiger partial charge in [-0.25, -0.2) is 4.79 Å². The first kappa shape index (κ1) is 41.8. The van der Waals surface area contributed by atoms with Crippen LogP contribution in [0, 0.1) is 5.92 Å². The highest BCUT2D eigenvalue weighted by Crippen LogP contribution is 2.35. The van der Waals surface area contributed by atoms with Crippen LogP contribution in [0.2, 0.25) is 0 Å². The number of carbonyl (C=O) groups excluding carboxylic acids is 6. The molecule has 272 valence electrons. The number of hydrogen-bond donors (Lipinski definition) is 6. The van der Waals surface area contributed by atoms with E-state index in [1.54, 1.807) is 52.0 Å². The van der Waals surface area contributed by atoms with Crippen molar-refractivity contribution in [3.05, 3.63) is 38.8 Å². The fourth-order valence-electron chi connectivity index (χ4n) is 4.95. The Bertz CT molecular complexity index is 1390. The summed E-state index contributed by atoms with van der Waals surface area (Å²) >= 11 is 6.30. The van der Waals surface area contributed by atoms with E-state index in [9.17, 15) is 33.9 Å². The number of nitrogens with two attached hydrogens (primary N) is 1. The Morgan fingerprint density at radius 2 is 1.53 bits per heavy atom. The zero-order valence-electron chi connectivity index (χ0n) is 28.8. The first-order valence-electron chi connectivity index (χ1n) is 16.0. The van der Waals surface area contributed by atoms with Crippen molar-refractivity contribution >= 4 is 73.1 Å². The van der Waals surface area contributed by atoms with Crippen LogP contribution < -0.4 is 27.0 Å². The predicted molar refractivity (Wildman–Crippen MR) is 191 cm³/mol. The molecule has 1 aromatic rings. The monoisotopic (exact) mass is 814 g/mol. The second-order valence-electron chi connectivity index (χ2n) is 13.4. The molecular formula is C33H48Br2N6O8. The Balaban J connectivity index is 1.97. The van der Waals surface area contributed by atoms with E-state index in [1.807, 2.05) is 13.8 Å². The minimum atomic E-state index is -0.987. The molecule has 0 unspecified atom stereocenters. The second kappa shape index (κ2) is 18.6. The summed E-state index contributed by atoms with van der Waals surface area (Å²) in [5.41, 5.74) is 4.71. The molecule has 7 N–H and O–H groups in total. The summed E-state index contributed by atoms with van der Waals surface area (Å²) in [5, 5.41) is 20.0. The van der Waals surface area contributed by atoms with Crippen LogP contribution in [0.5, 0.6) is 0 Å². The predicted octanol–water partition coefficient (Wildman–Crippen LogP) is 3.31. The first-order chi connectivity index (χ1) is 22.8. The van der Waals surface area contributed by atoms with E-state index in [0.29, 0.717) is 30.5 Å². The number of carbonyl (C=O) groups is 6. The second-order valence-corrected chi connectivity index (χ2v) is 15.0. The van der Waals surface area contributed by atoms with Gasteiger partial charge in [0.1, 0.15) is 21.0 Å². The number of imide groups is 1. The van der Waals surface area contributed by atoms with E-state index in [2.05, 4.69) is 53.1 Å². The van der Waals surface area contributed by atoms with Gasteiger partial charge in [-0.3, -0.25) is 28.9 Å². The minimum Gasteiger partial charge on any atom is -0.392 e. The number of aliphatic hydroxyl groups excluding tert-OH is 1. The molecule has 7 amide bonds. The van der Waals surface area contributed by atoms with Crippen molar-refractivity contribution in [2.45, 2.75) is 103 Å². The van der Waals surface area contributed by atoms with Crippen molar-refractivity contribution in [1.29, 1.82) is 0 Å². The van der Waals surface area contributed by atoms with Gasteiger partial charge in [-0.15, -0.1) is 0 Å². The molecule has 1 aromatic carbocycles. The summed E-state index contributed by atoms with van der Waals surface area (Å²) in [6.45, 7) is 11.0. The zero-order valence-corrected chi connectivity index (χ0v) is 32.0. The number of ether oxygens (including phenoxy) is 1. The van der Waals surface area contributed by atoms with E-state index in [1.165, 1.54) is 4.90 Å². The molecule has 0 saturated heterocycles. The standard InChI is InChI=1S/C33H48Br2N6O8/c1-19(2)26(28(45)39-22(8-7-16-37-31(36)48)27(44)38-21-11-9-20(18-42)10-12-21)40-23(43)13-14-33(5,6)49-17-15-32(3,4)41-29(46)24(34)25(35)30(41)47/h9-12,19,22,26,42H,7-8,13-18H2,1-6H3,(H,38,44)(H,39,45)(H,40,43)(H3,36,37,48)/t22-,26-/m0/s1. The van der Waals surface area contributed by atoms with Crippen LogP contribution >= 0.6 is 31.9 Å². The summed E-state index contributed by atoms with van der Waals surface area (Å²) < 4.78 is 6.41. The van der Waals surface area contributed by atoms with Crippen LogP contribution in [0.15, 0.2) is 33.2 Å². The van der Waals surface area contributed by atoms with E-state index in [0.717, 1.165) is 0 Å². The third-order valence-corrected chi connectivity index (χ3v) is 10.0. The summed E-state index contributed by atoms with van der Waals surface area (Å²) in [6, 6.07) is 3.94. The molecule has 0 saturated carbocycles. The van der Waals surface area contributed by atoms with E-state index >= 15 is 0 Å². The maximum atomic E-state index is 13.4. The summed E-state index contributed by atoms with van der Waals surface area (Å²) in [6.07, 6.45) is 1.24. The Morgan fingerprint density at radius 3 is 2.06 bits per heavy atom. The Labute approximate surface area is 304 Å². The lowest BCUT2D eigenvalue weighted by Crippen LogP contribution is -2.54. The highest BCUT2D eigenvalue weighted by molar-refractivity contribution is 9.14. The minimum absolute atomic E-state index is 0.0480. The molecule has 2 atom stereocenters. The SMILES string of the molecule is CC(C)[C@H](NC(=O)CCC(C)(C)OCCC(C)(C)N1C(=O)C(Br)=C(Br)C1=O)C(=O)N[C@@H](CCCNC(N)=O)C(=O)Nc1ccc(CO)cc1. The molecular weight excluding hydrogens is 768 g/mol. The third-order valence-electron chi connectivity index (χ3n) is 8.01. The summed E-state index contributed by atoms with van der Waals surface area (Å²) in [5.74, 6) is -2.58. The van der Waals surface area contributed by atoms with Crippen LogP contribution in [0.1, 0.15) is 79.2 Å². The van der Waals surface area contributed by atoms with Gasteiger partial charge in [0.25, 0.3) is 11.8 Å². The average molecular weight is 817 g/mol. The topological polar surface area (TPSA) is 209 Å². The fraction of sp³-hybridized carbons (Fsp3) is 0.576. The van der Waals surface area contributed by atoms with Gasteiger partial charge in [0.2, 0.25) is 17.7 Å². The molecule has 0 bridgehead atoms. The van der Waals surface area contributed by atoms with E-state index < -0.39 is 52.9 Å². The normalized spacial score (nSPS) is 14.9. The quantitative estimate of drug-likeness (QED) is 0.0900. The summed E-state index contributed by atoms with van der Waals surface area (Å²) in [7, 11) is 0. The van der Waals surface area contributed by atoms with E-state index in [4.69, 9.17) is 10.5 Å². The van der Waals surface area contributed by atoms with Crippen LogP contribution in [0.25, 0.3) is 0 Å². The Hall–Kier alpha value is -3.34. The third kappa shape index (κ3) is 12.8. The lowest BCUT2D eigenvalue weighted by atomic mass is 9.97. The molecule has 0 fully saturated rings. The number of benzene rings is 1. The highest BCUT2D eigenvalue weighted by Gasteiger charge is 2.44. The Morgan fingerprint density at radius 1 is 0.939 bits per heavy atom. The highest BCUT2D eigenvalue weighted by atomic mass is 79.9. The fourth-order valence-corrected chi connectivity index (χ4v) is 5.65. The number of urea groups is 1. The Kier molecular flexibility index (Phi) is 15.9. The molecule has 0 aliphatic carbocycles. The molecule has 1 heterocycles. The largest absolute Gasteiger partial charge is 0.392 e. The maximum absolute atomic E-state index is 13.4. The lowest BCUT2D eigenvalue weighted by Gasteiger charge is -2.35. The van der Waals surface area contributed by atoms with Crippen LogP contribution in [-0.2, 0) is 35.3 Å². The number of amides is 7. The molecule has 0 radical (unpaired) electrons. The molecule has 0 spiro atoms. The van der Waals surface area contributed by atoms with Crippen LogP contribution in [0.4, 0.5) is 10.5 Å². The lowest BCUT2D eigenvalue weighted by molar-refractivity contribution is -0.144. The summed E-state index contributed by atoms with van der Waals surface area (Å²) in [4.78, 5) is 77.1. The number of nitrogens with one attached hydrogen (secondary N) is 4. The first-order valence-corrected chi connectivity index (χ1v) is 17.6. The van der Waals surface area contributed by atoms with Gasteiger partial charge in [-0.2, -0.15) is 0 Å². The average Bonchev–Trinajstić information content (AvgIpc) is 3.22. The van der Waals surface area contributed by atoms with Gasteiger partial charge >= 0.3 is 6.03 Å². The molecule has 2 rings (SSSR count). The van der Waals surface area contributed by atoms with Crippen LogP contribution in [-0.4, -0.2) is 81.9 Å². The number of aliphatic hydroxyl groups is 1. The van der Waals surface area contributed by atoms with Gasteiger partial charge in [0.05, 0.1) is 12.2 Å². The molecule has 14 nitrogen and oxygen atoms in total. The number of nitrogens with zero attached hydrogens (tertiary/aromatic N) is 1. The van der Waals surface area contributed by atoms with Gasteiger partial charge in [-0.1, -0.05) is 26.0 Å². The molecule has 1 aliphatic heterocycles.